The summed E-state index contributed by atoms with van der Waals surface area (Å²) >= 11 is 0. The third kappa shape index (κ3) is 4.12. The van der Waals surface area contributed by atoms with Crippen LogP contribution in [0.15, 0.2) is 35.5 Å². The zero-order valence-electron chi connectivity index (χ0n) is 8.84. The molecule has 0 aromatic carbocycles. The van der Waals surface area contributed by atoms with Crippen LogP contribution in [0, 0.1) is 0 Å². The summed E-state index contributed by atoms with van der Waals surface area (Å²) in [6.45, 7) is 4.49. The Balaban J connectivity index is 2.62. The summed E-state index contributed by atoms with van der Waals surface area (Å²) in [7, 11) is 0. The number of rotatable bonds is 1. The first kappa shape index (κ1) is 10.3. The van der Waals surface area contributed by atoms with Gasteiger partial charge in [0.25, 0.3) is 0 Å². The van der Waals surface area contributed by atoms with Crippen molar-refractivity contribution < 1.29 is 0 Å². The number of hydrogen-bond acceptors (Lipinski definition) is 0. The molecule has 0 heteroatoms. The van der Waals surface area contributed by atoms with E-state index in [1.165, 1.54) is 24.8 Å². The van der Waals surface area contributed by atoms with Crippen molar-refractivity contribution >= 4 is 0 Å². The van der Waals surface area contributed by atoms with E-state index in [2.05, 4.69) is 38.2 Å². The van der Waals surface area contributed by atoms with Gasteiger partial charge in [-0.15, -0.1) is 0 Å². The van der Waals surface area contributed by atoms with Crippen LogP contribution in [0.3, 0.4) is 0 Å². The SMILES string of the molecule is CCC1=CCC=CCC=C(C)CC1. The Morgan fingerprint density at radius 3 is 2.46 bits per heavy atom. The maximum absolute atomic E-state index is 2.38. The van der Waals surface area contributed by atoms with Crippen molar-refractivity contribution in [3.05, 3.63) is 35.5 Å². The van der Waals surface area contributed by atoms with Crippen LogP contribution in [-0.4, -0.2) is 0 Å². The molecule has 0 aliphatic heterocycles. The minimum Gasteiger partial charge on any atom is -0.0844 e. The lowest BCUT2D eigenvalue weighted by Crippen LogP contribution is -1.85. The lowest BCUT2D eigenvalue weighted by molar-refractivity contribution is 0.861. The minimum absolute atomic E-state index is 1.11. The first-order chi connectivity index (χ1) is 6.33. The summed E-state index contributed by atoms with van der Waals surface area (Å²) in [5.74, 6) is 0. The molecule has 0 saturated carbocycles. The summed E-state index contributed by atoms with van der Waals surface area (Å²) in [5.41, 5.74) is 3.14. The van der Waals surface area contributed by atoms with Crippen LogP contribution in [0.5, 0.6) is 0 Å². The Labute approximate surface area is 82.0 Å². The van der Waals surface area contributed by atoms with Crippen molar-refractivity contribution in [2.24, 2.45) is 0 Å². The molecule has 0 aromatic rings. The van der Waals surface area contributed by atoms with Crippen LogP contribution in [0.25, 0.3) is 0 Å². The van der Waals surface area contributed by atoms with E-state index in [1.54, 1.807) is 5.57 Å². The van der Waals surface area contributed by atoms with Crippen molar-refractivity contribution in [3.8, 4) is 0 Å². The number of allylic oxidation sites excluding steroid dienone is 6. The molecule has 0 nitrogen and oxygen atoms in total. The molecule has 0 N–H and O–H groups in total. The molecule has 1 rings (SSSR count). The molecule has 0 heterocycles. The van der Waals surface area contributed by atoms with Crippen molar-refractivity contribution in [2.75, 3.05) is 0 Å². The van der Waals surface area contributed by atoms with Gasteiger partial charge < -0.3 is 0 Å². The van der Waals surface area contributed by atoms with Gasteiger partial charge in [-0.3, -0.25) is 0 Å². The first-order valence-electron chi connectivity index (χ1n) is 5.31. The van der Waals surface area contributed by atoms with Crippen LogP contribution in [0.2, 0.25) is 0 Å². The highest BCUT2D eigenvalue weighted by Crippen LogP contribution is 2.16. The van der Waals surface area contributed by atoms with E-state index in [4.69, 9.17) is 0 Å². The highest BCUT2D eigenvalue weighted by atomic mass is 14.0. The summed E-state index contributed by atoms with van der Waals surface area (Å²) in [6.07, 6.45) is 15.2. The molecule has 0 aromatic heterocycles. The second kappa shape index (κ2) is 5.80. The van der Waals surface area contributed by atoms with Crippen LogP contribution in [0.4, 0.5) is 0 Å². The summed E-state index contributed by atoms with van der Waals surface area (Å²) in [5, 5.41) is 0. The van der Waals surface area contributed by atoms with Gasteiger partial charge in [-0.1, -0.05) is 42.4 Å². The van der Waals surface area contributed by atoms with Gasteiger partial charge in [0.2, 0.25) is 0 Å². The molecule has 0 amide bonds. The van der Waals surface area contributed by atoms with Crippen molar-refractivity contribution in [3.63, 3.8) is 0 Å². The van der Waals surface area contributed by atoms with Crippen LogP contribution >= 0.6 is 0 Å². The van der Waals surface area contributed by atoms with Gasteiger partial charge in [-0.05, 0) is 39.0 Å². The molecule has 0 unspecified atom stereocenters. The van der Waals surface area contributed by atoms with Gasteiger partial charge in [-0.2, -0.15) is 0 Å². The smallest absolute Gasteiger partial charge is 0.0166 e. The highest BCUT2D eigenvalue weighted by Gasteiger charge is 1.96. The van der Waals surface area contributed by atoms with E-state index in [0.717, 1.165) is 12.8 Å². The molecule has 1 aliphatic rings. The van der Waals surface area contributed by atoms with E-state index < -0.39 is 0 Å². The lowest BCUT2D eigenvalue weighted by atomic mass is 10.0. The zero-order chi connectivity index (χ0) is 9.52. The Hall–Kier alpha value is -0.780. The van der Waals surface area contributed by atoms with E-state index in [0.29, 0.717) is 0 Å². The largest absolute Gasteiger partial charge is 0.0844 e. The fourth-order valence-corrected chi connectivity index (χ4v) is 1.58. The van der Waals surface area contributed by atoms with Gasteiger partial charge in [0.1, 0.15) is 0 Å². The lowest BCUT2D eigenvalue weighted by Gasteiger charge is -2.06. The molecule has 1 aliphatic carbocycles. The fraction of sp³-hybridized carbons (Fsp3) is 0.538. The van der Waals surface area contributed by atoms with E-state index >= 15 is 0 Å². The maximum Gasteiger partial charge on any atom is -0.0166 e. The quantitative estimate of drug-likeness (QED) is 0.519. The second-order valence-electron chi connectivity index (χ2n) is 3.71. The molecule has 0 atom stereocenters. The van der Waals surface area contributed by atoms with E-state index in [-0.39, 0.29) is 0 Å². The second-order valence-corrected chi connectivity index (χ2v) is 3.71. The van der Waals surface area contributed by atoms with Gasteiger partial charge >= 0.3 is 0 Å². The summed E-state index contributed by atoms with van der Waals surface area (Å²) in [4.78, 5) is 0. The van der Waals surface area contributed by atoms with Crippen molar-refractivity contribution in [2.45, 2.75) is 46.0 Å². The van der Waals surface area contributed by atoms with E-state index in [9.17, 15) is 0 Å². The minimum atomic E-state index is 1.11. The monoisotopic (exact) mass is 176 g/mol. The molecule has 72 valence electrons. The third-order valence-corrected chi connectivity index (χ3v) is 2.61. The zero-order valence-corrected chi connectivity index (χ0v) is 8.84. The molecule has 0 spiro atoms. The maximum atomic E-state index is 2.38. The summed E-state index contributed by atoms with van der Waals surface area (Å²) in [6, 6.07) is 0. The van der Waals surface area contributed by atoms with Gasteiger partial charge in [0.05, 0.1) is 0 Å². The standard InChI is InChI=1S/C13H20/c1-3-13-9-7-5-4-6-8-12(2)10-11-13/h4-5,8-9H,3,6-7,10-11H2,1-2H3. The normalized spacial score (nSPS) is 19.2. The molecular formula is C13H20. The van der Waals surface area contributed by atoms with Crippen LogP contribution < -0.4 is 0 Å². The van der Waals surface area contributed by atoms with Gasteiger partial charge in [-0.25, -0.2) is 0 Å². The Morgan fingerprint density at radius 2 is 1.77 bits per heavy atom. The highest BCUT2D eigenvalue weighted by molar-refractivity contribution is 5.11. The molecule has 13 heavy (non-hydrogen) atoms. The third-order valence-electron chi connectivity index (χ3n) is 2.61. The molecular weight excluding hydrogens is 156 g/mol. The average Bonchev–Trinajstić information content (AvgIpc) is 2.16. The molecule has 0 fully saturated rings. The Bertz CT molecular complexity index is 228. The number of hydrogen-bond donors (Lipinski definition) is 0. The van der Waals surface area contributed by atoms with E-state index in [1.807, 2.05) is 0 Å². The molecule has 0 saturated heterocycles. The average molecular weight is 176 g/mol. The van der Waals surface area contributed by atoms with Crippen molar-refractivity contribution in [1.82, 2.24) is 0 Å². The van der Waals surface area contributed by atoms with Crippen LogP contribution in [0.1, 0.15) is 46.0 Å². The summed E-state index contributed by atoms with van der Waals surface area (Å²) < 4.78 is 0. The van der Waals surface area contributed by atoms with Crippen LogP contribution in [-0.2, 0) is 0 Å². The first-order valence-corrected chi connectivity index (χ1v) is 5.31. The molecule has 0 bridgehead atoms. The van der Waals surface area contributed by atoms with Gasteiger partial charge in [0, 0.05) is 0 Å². The fourth-order valence-electron chi connectivity index (χ4n) is 1.58. The topological polar surface area (TPSA) is 0 Å². The predicted molar refractivity (Wildman–Crippen MR) is 59.7 cm³/mol. The van der Waals surface area contributed by atoms with Gasteiger partial charge in [0.15, 0.2) is 0 Å². The Morgan fingerprint density at radius 1 is 1.08 bits per heavy atom. The predicted octanol–water partition coefficient (Wildman–Crippen LogP) is 4.40. The molecule has 0 radical (unpaired) electrons. The Kier molecular flexibility index (Phi) is 4.59. The van der Waals surface area contributed by atoms with Crippen molar-refractivity contribution in [1.29, 1.82) is 0 Å².